The number of hydrogen-bond acceptors (Lipinski definition) is 7. The van der Waals surface area contributed by atoms with Gasteiger partial charge in [0.25, 0.3) is 0 Å². The van der Waals surface area contributed by atoms with E-state index in [1.807, 2.05) is 0 Å². The van der Waals surface area contributed by atoms with Crippen LogP contribution in [0.2, 0.25) is 0 Å². The van der Waals surface area contributed by atoms with Crippen LogP contribution in [0, 0.1) is 11.8 Å². The van der Waals surface area contributed by atoms with Crippen molar-refractivity contribution in [1.82, 2.24) is 0 Å². The van der Waals surface area contributed by atoms with Gasteiger partial charge in [-0.3, -0.25) is 0 Å². The van der Waals surface area contributed by atoms with Crippen LogP contribution in [-0.4, -0.2) is 36.8 Å². The fraction of sp³-hybridized carbons (Fsp3) is 0.909. The third-order valence-electron chi connectivity index (χ3n) is 3.15. The summed E-state index contributed by atoms with van der Waals surface area (Å²) in [6, 6.07) is 0. The van der Waals surface area contributed by atoms with E-state index >= 15 is 0 Å². The molecule has 0 aromatic heterocycles. The first-order valence-corrected chi connectivity index (χ1v) is 6.93. The molecule has 2 atom stereocenters. The highest BCUT2D eigenvalue weighted by molar-refractivity contribution is 7.96. The molecule has 0 bridgehead atoms. The normalized spacial score (nSPS) is 23.6. The molecule has 1 N–H and O–H groups in total. The van der Waals surface area contributed by atoms with Crippen molar-refractivity contribution in [3.8, 4) is 0 Å². The summed E-state index contributed by atoms with van der Waals surface area (Å²) in [5.74, 6) is -1.28. The van der Waals surface area contributed by atoms with Crippen LogP contribution in [0.1, 0.15) is 25.7 Å². The van der Waals surface area contributed by atoms with Crippen LogP contribution in [-0.2, 0) is 23.6 Å². The second kappa shape index (κ2) is 8.73. The molecule has 0 heterocycles. The zero-order chi connectivity index (χ0) is 15.0. The van der Waals surface area contributed by atoms with E-state index < -0.39 is 23.3 Å². The van der Waals surface area contributed by atoms with Gasteiger partial charge in [0.15, 0.2) is 0 Å². The van der Waals surface area contributed by atoms with E-state index in [-0.39, 0.29) is 12.5 Å². The lowest BCUT2D eigenvalue weighted by molar-refractivity contribution is -0.433. The van der Waals surface area contributed by atoms with Gasteiger partial charge in [0, 0.05) is 13.7 Å². The van der Waals surface area contributed by atoms with Crippen molar-refractivity contribution >= 4 is 18.0 Å². The fourth-order valence-corrected chi connectivity index (χ4v) is 2.55. The molecule has 1 aliphatic rings. The summed E-state index contributed by atoms with van der Waals surface area (Å²) in [5, 5.41) is 6.88. The molecule has 1 rings (SSSR count). The molecule has 1 saturated carbocycles. The number of carbonyl (C=O) groups excluding carboxylic acids is 1. The van der Waals surface area contributed by atoms with Gasteiger partial charge in [-0.2, -0.15) is 8.78 Å². The SMILES string of the molecule is COCC1CCCC(COC(=O)C(F)(F)SOOO)C1. The predicted molar refractivity (Wildman–Crippen MR) is 65.6 cm³/mol. The lowest BCUT2D eigenvalue weighted by atomic mass is 9.82. The summed E-state index contributed by atoms with van der Waals surface area (Å²) >= 11 is -0.618. The molecule has 20 heavy (non-hydrogen) atoms. The molecule has 6 nitrogen and oxygen atoms in total. The number of carbonyl (C=O) groups is 1. The number of methoxy groups -OCH3 is 1. The second-order valence-corrected chi connectivity index (χ2v) is 5.51. The quantitative estimate of drug-likeness (QED) is 0.319. The molecular weight excluding hydrogens is 298 g/mol. The highest BCUT2D eigenvalue weighted by Gasteiger charge is 2.44. The number of alkyl halides is 2. The zero-order valence-electron chi connectivity index (χ0n) is 11.0. The van der Waals surface area contributed by atoms with Gasteiger partial charge in [0.2, 0.25) is 0 Å². The molecule has 0 saturated heterocycles. The largest absolute Gasteiger partial charge is 0.460 e. The third kappa shape index (κ3) is 5.88. The van der Waals surface area contributed by atoms with Crippen LogP contribution in [0.3, 0.4) is 0 Å². The van der Waals surface area contributed by atoms with E-state index in [0.29, 0.717) is 12.5 Å². The monoisotopic (exact) mass is 316 g/mol. The predicted octanol–water partition coefficient (Wildman–Crippen LogP) is 2.64. The molecule has 2 unspecified atom stereocenters. The van der Waals surface area contributed by atoms with Gasteiger partial charge in [-0.15, -0.1) is 4.33 Å². The van der Waals surface area contributed by atoms with Gasteiger partial charge in [-0.25, -0.2) is 10.1 Å². The number of halogens is 2. The van der Waals surface area contributed by atoms with Gasteiger partial charge in [0.1, 0.15) is 12.0 Å². The average molecular weight is 316 g/mol. The van der Waals surface area contributed by atoms with E-state index in [9.17, 15) is 13.6 Å². The van der Waals surface area contributed by atoms with Crippen molar-refractivity contribution in [1.29, 1.82) is 0 Å². The van der Waals surface area contributed by atoms with E-state index in [4.69, 9.17) is 9.99 Å². The van der Waals surface area contributed by atoms with Crippen LogP contribution >= 0.6 is 12.0 Å². The van der Waals surface area contributed by atoms with Crippen molar-refractivity contribution in [3.05, 3.63) is 0 Å². The lowest BCUT2D eigenvalue weighted by Gasteiger charge is -2.28. The van der Waals surface area contributed by atoms with E-state index in [0.717, 1.165) is 25.7 Å². The number of esters is 1. The molecule has 0 spiro atoms. The van der Waals surface area contributed by atoms with Crippen molar-refractivity contribution in [2.75, 3.05) is 20.3 Å². The summed E-state index contributed by atoms with van der Waals surface area (Å²) in [4.78, 5) is 11.2. The van der Waals surface area contributed by atoms with E-state index in [1.54, 1.807) is 7.11 Å². The summed E-state index contributed by atoms with van der Waals surface area (Å²) in [6.45, 7) is 0.563. The van der Waals surface area contributed by atoms with Gasteiger partial charge in [-0.1, -0.05) is 11.5 Å². The highest BCUT2D eigenvalue weighted by atomic mass is 32.2. The van der Waals surface area contributed by atoms with Crippen LogP contribution < -0.4 is 0 Å². The number of ether oxygens (including phenoxy) is 2. The number of hydrogen-bond donors (Lipinski definition) is 1. The maximum absolute atomic E-state index is 13.1. The van der Waals surface area contributed by atoms with Crippen LogP contribution in [0.4, 0.5) is 8.78 Å². The molecule has 0 radical (unpaired) electrons. The molecule has 0 aliphatic heterocycles. The molecule has 0 aromatic rings. The first-order chi connectivity index (χ1) is 9.49. The Morgan fingerprint density at radius 1 is 1.35 bits per heavy atom. The Hall–Kier alpha value is -0.480. The molecule has 1 fully saturated rings. The molecule has 118 valence electrons. The Balaban J connectivity index is 2.32. The molecule has 0 aromatic carbocycles. The standard InChI is InChI=1S/C11H18F2O6S/c1-16-6-8-3-2-4-9(5-8)7-17-10(14)11(12,13)20-19-18-15/h8-9,15H,2-7H2,1H3. The van der Waals surface area contributed by atoms with Gasteiger partial charge >= 0.3 is 11.2 Å². The average Bonchev–Trinajstić information content (AvgIpc) is 2.43. The lowest BCUT2D eigenvalue weighted by Crippen LogP contribution is -2.31. The minimum absolute atomic E-state index is 0.0589. The fourth-order valence-electron chi connectivity index (χ4n) is 2.31. The molecule has 0 amide bonds. The summed E-state index contributed by atoms with van der Waals surface area (Å²) < 4.78 is 39.5. The molecule has 9 heteroatoms. The second-order valence-electron chi connectivity index (χ2n) is 4.70. The van der Waals surface area contributed by atoms with Crippen LogP contribution in [0.5, 0.6) is 0 Å². The minimum atomic E-state index is -3.93. The maximum atomic E-state index is 13.1. The van der Waals surface area contributed by atoms with E-state index in [2.05, 4.69) is 14.1 Å². The van der Waals surface area contributed by atoms with Crippen molar-refractivity contribution in [2.24, 2.45) is 11.8 Å². The molecular formula is C11H18F2O6S. The summed E-state index contributed by atoms with van der Waals surface area (Å²) in [5.41, 5.74) is 0. The van der Waals surface area contributed by atoms with Crippen molar-refractivity contribution < 1.29 is 37.7 Å². The van der Waals surface area contributed by atoms with Crippen LogP contribution in [0.15, 0.2) is 0 Å². The Kier molecular flexibility index (Phi) is 7.67. The topological polar surface area (TPSA) is 74.2 Å². The summed E-state index contributed by atoms with van der Waals surface area (Å²) in [6.07, 6.45) is 3.62. The molecule has 1 aliphatic carbocycles. The first-order valence-electron chi connectivity index (χ1n) is 6.19. The Labute approximate surface area is 119 Å². The Morgan fingerprint density at radius 3 is 2.60 bits per heavy atom. The first kappa shape index (κ1) is 17.6. The Bertz CT molecular complexity index is 303. The minimum Gasteiger partial charge on any atom is -0.460 e. The zero-order valence-corrected chi connectivity index (χ0v) is 11.9. The third-order valence-corrected chi connectivity index (χ3v) is 3.66. The van der Waals surface area contributed by atoms with Crippen LogP contribution in [0.25, 0.3) is 0 Å². The smallest absolute Gasteiger partial charge is 0.415 e. The summed E-state index contributed by atoms with van der Waals surface area (Å²) in [7, 11) is 1.62. The van der Waals surface area contributed by atoms with Crippen molar-refractivity contribution in [3.63, 3.8) is 0 Å². The van der Waals surface area contributed by atoms with Gasteiger partial charge in [-0.05, 0) is 31.1 Å². The maximum Gasteiger partial charge on any atom is 0.415 e. The van der Waals surface area contributed by atoms with Gasteiger partial charge < -0.3 is 9.47 Å². The Morgan fingerprint density at radius 2 is 2.00 bits per heavy atom. The highest BCUT2D eigenvalue weighted by Crippen LogP contribution is 2.33. The van der Waals surface area contributed by atoms with E-state index in [1.165, 1.54) is 0 Å². The number of rotatable bonds is 8. The van der Waals surface area contributed by atoms with Crippen molar-refractivity contribution in [2.45, 2.75) is 30.9 Å². The van der Waals surface area contributed by atoms with Gasteiger partial charge in [0.05, 0.1) is 6.61 Å².